The lowest BCUT2D eigenvalue weighted by atomic mass is 10.1. The van der Waals surface area contributed by atoms with Crippen LogP contribution in [0, 0.1) is 5.82 Å². The number of para-hydroxylation sites is 2. The maximum atomic E-state index is 14.0. The number of benzene rings is 2. The van der Waals surface area contributed by atoms with Crippen molar-refractivity contribution in [3.8, 4) is 11.5 Å². The Kier molecular flexibility index (Phi) is 6.84. The Labute approximate surface area is 178 Å². The number of ether oxygens (including phenoxy) is 1. The molecule has 0 atom stereocenters. The SMILES string of the molecule is CCNC(=NCc1ccccc1Oc1ccccc1F)NC1CCN(C2CC2)CC1. The molecule has 1 heterocycles. The van der Waals surface area contributed by atoms with Gasteiger partial charge in [-0.25, -0.2) is 9.38 Å². The molecule has 1 saturated heterocycles. The monoisotopic (exact) mass is 410 g/mol. The highest BCUT2D eigenvalue weighted by Crippen LogP contribution is 2.29. The van der Waals surface area contributed by atoms with Gasteiger partial charge in [-0.3, -0.25) is 0 Å². The topological polar surface area (TPSA) is 48.9 Å². The third-order valence-electron chi connectivity index (χ3n) is 5.71. The van der Waals surface area contributed by atoms with E-state index in [0.29, 0.717) is 18.3 Å². The van der Waals surface area contributed by atoms with Crippen molar-refractivity contribution in [3.63, 3.8) is 0 Å². The second kappa shape index (κ2) is 9.94. The first-order chi connectivity index (χ1) is 14.7. The van der Waals surface area contributed by atoms with E-state index >= 15 is 0 Å². The van der Waals surface area contributed by atoms with Gasteiger partial charge in [-0.15, -0.1) is 0 Å². The van der Waals surface area contributed by atoms with Crippen LogP contribution in [-0.4, -0.2) is 42.6 Å². The zero-order valence-corrected chi connectivity index (χ0v) is 17.6. The van der Waals surface area contributed by atoms with E-state index in [2.05, 4.69) is 22.5 Å². The third-order valence-corrected chi connectivity index (χ3v) is 5.71. The highest BCUT2D eigenvalue weighted by molar-refractivity contribution is 5.80. The summed E-state index contributed by atoms with van der Waals surface area (Å²) in [5, 5.41) is 6.95. The normalized spacial score (nSPS) is 18.3. The highest BCUT2D eigenvalue weighted by atomic mass is 19.1. The smallest absolute Gasteiger partial charge is 0.191 e. The molecule has 5 nitrogen and oxygen atoms in total. The minimum atomic E-state index is -0.372. The van der Waals surface area contributed by atoms with Crippen molar-refractivity contribution in [1.82, 2.24) is 15.5 Å². The Bertz CT molecular complexity index is 860. The summed E-state index contributed by atoms with van der Waals surface area (Å²) in [6.07, 6.45) is 5.04. The average Bonchev–Trinajstić information content (AvgIpc) is 3.61. The molecule has 0 amide bonds. The number of halogens is 1. The summed E-state index contributed by atoms with van der Waals surface area (Å²) in [5.74, 6) is 1.30. The molecule has 2 fully saturated rings. The van der Waals surface area contributed by atoms with Crippen LogP contribution in [-0.2, 0) is 6.54 Å². The zero-order chi connectivity index (χ0) is 20.8. The van der Waals surface area contributed by atoms with E-state index in [1.165, 1.54) is 32.0 Å². The quantitative estimate of drug-likeness (QED) is 0.528. The number of piperidine rings is 1. The number of likely N-dealkylation sites (tertiary alicyclic amines) is 1. The molecule has 160 valence electrons. The fourth-order valence-electron chi connectivity index (χ4n) is 3.91. The van der Waals surface area contributed by atoms with Crippen LogP contribution in [0.5, 0.6) is 11.5 Å². The Hall–Kier alpha value is -2.60. The molecule has 0 radical (unpaired) electrons. The molecule has 2 aromatic rings. The van der Waals surface area contributed by atoms with E-state index in [-0.39, 0.29) is 11.6 Å². The van der Waals surface area contributed by atoms with Gasteiger partial charge in [0, 0.05) is 37.3 Å². The second-order valence-electron chi connectivity index (χ2n) is 8.02. The Balaban J connectivity index is 1.39. The highest BCUT2D eigenvalue weighted by Gasteiger charge is 2.31. The molecular formula is C24H31FN4O. The van der Waals surface area contributed by atoms with E-state index in [0.717, 1.165) is 37.0 Å². The maximum Gasteiger partial charge on any atom is 0.191 e. The molecule has 1 aliphatic carbocycles. The van der Waals surface area contributed by atoms with E-state index in [1.54, 1.807) is 18.2 Å². The minimum Gasteiger partial charge on any atom is -0.454 e. The van der Waals surface area contributed by atoms with Crippen molar-refractivity contribution < 1.29 is 9.13 Å². The van der Waals surface area contributed by atoms with Crippen molar-refractivity contribution in [2.45, 2.75) is 51.2 Å². The number of guanidine groups is 1. The van der Waals surface area contributed by atoms with Crippen LogP contribution in [0.15, 0.2) is 53.5 Å². The first-order valence-electron chi connectivity index (χ1n) is 11.0. The maximum absolute atomic E-state index is 14.0. The Morgan fingerprint density at radius 2 is 1.73 bits per heavy atom. The molecule has 0 unspecified atom stereocenters. The van der Waals surface area contributed by atoms with Crippen LogP contribution >= 0.6 is 0 Å². The van der Waals surface area contributed by atoms with E-state index in [1.807, 2.05) is 24.3 Å². The van der Waals surface area contributed by atoms with E-state index in [9.17, 15) is 4.39 Å². The van der Waals surface area contributed by atoms with E-state index in [4.69, 9.17) is 9.73 Å². The molecule has 4 rings (SSSR count). The molecule has 30 heavy (non-hydrogen) atoms. The minimum absolute atomic E-state index is 0.224. The summed E-state index contributed by atoms with van der Waals surface area (Å²) >= 11 is 0. The summed E-state index contributed by atoms with van der Waals surface area (Å²) in [6, 6.07) is 15.4. The van der Waals surface area contributed by atoms with Gasteiger partial charge in [0.1, 0.15) is 5.75 Å². The van der Waals surface area contributed by atoms with Crippen molar-refractivity contribution >= 4 is 5.96 Å². The predicted octanol–water partition coefficient (Wildman–Crippen LogP) is 4.30. The Morgan fingerprint density at radius 1 is 1.03 bits per heavy atom. The fourth-order valence-corrected chi connectivity index (χ4v) is 3.91. The van der Waals surface area contributed by atoms with Gasteiger partial charge in [0.05, 0.1) is 6.54 Å². The second-order valence-corrected chi connectivity index (χ2v) is 8.02. The van der Waals surface area contributed by atoms with Gasteiger partial charge in [-0.1, -0.05) is 30.3 Å². The van der Waals surface area contributed by atoms with Gasteiger partial charge >= 0.3 is 0 Å². The molecule has 1 saturated carbocycles. The number of rotatable bonds is 7. The van der Waals surface area contributed by atoms with E-state index < -0.39 is 0 Å². The first-order valence-corrected chi connectivity index (χ1v) is 11.0. The van der Waals surface area contributed by atoms with Crippen LogP contribution in [0.3, 0.4) is 0 Å². The standard InChI is InChI=1S/C24H31FN4O/c1-2-26-24(28-19-13-15-29(16-14-19)20-11-12-20)27-17-18-7-3-5-9-22(18)30-23-10-6-4-8-21(23)25/h3-10,19-20H,2,11-17H2,1H3,(H2,26,27,28). The zero-order valence-electron chi connectivity index (χ0n) is 17.6. The molecule has 6 heteroatoms. The lowest BCUT2D eigenvalue weighted by molar-refractivity contribution is 0.197. The summed E-state index contributed by atoms with van der Waals surface area (Å²) in [4.78, 5) is 7.40. The van der Waals surface area contributed by atoms with Crippen molar-refractivity contribution in [3.05, 3.63) is 59.9 Å². The van der Waals surface area contributed by atoms with Gasteiger partial charge in [-0.05, 0) is 50.8 Å². The predicted molar refractivity (Wildman–Crippen MR) is 118 cm³/mol. The van der Waals surface area contributed by atoms with Gasteiger partial charge in [0.15, 0.2) is 17.5 Å². The number of nitrogens with one attached hydrogen (secondary N) is 2. The summed E-state index contributed by atoms with van der Waals surface area (Å²) in [5.41, 5.74) is 0.918. The molecule has 0 bridgehead atoms. The molecule has 0 aromatic heterocycles. The van der Waals surface area contributed by atoms with Crippen LogP contribution < -0.4 is 15.4 Å². The fraction of sp³-hybridized carbons (Fsp3) is 0.458. The lowest BCUT2D eigenvalue weighted by Crippen LogP contribution is -2.49. The summed E-state index contributed by atoms with van der Waals surface area (Å²) in [6.45, 7) is 5.67. The number of hydrogen-bond acceptors (Lipinski definition) is 3. The molecule has 2 aromatic carbocycles. The van der Waals surface area contributed by atoms with Gasteiger partial charge in [-0.2, -0.15) is 0 Å². The lowest BCUT2D eigenvalue weighted by Gasteiger charge is -2.33. The van der Waals surface area contributed by atoms with Gasteiger partial charge in [0.2, 0.25) is 0 Å². The molecule has 2 aliphatic rings. The van der Waals surface area contributed by atoms with Crippen molar-refractivity contribution in [1.29, 1.82) is 0 Å². The molecule has 0 spiro atoms. The largest absolute Gasteiger partial charge is 0.454 e. The van der Waals surface area contributed by atoms with Crippen LogP contribution in [0.25, 0.3) is 0 Å². The summed E-state index contributed by atoms with van der Waals surface area (Å²) in [7, 11) is 0. The van der Waals surface area contributed by atoms with Crippen LogP contribution in [0.2, 0.25) is 0 Å². The van der Waals surface area contributed by atoms with Gasteiger partial charge in [0.25, 0.3) is 0 Å². The molecule has 2 N–H and O–H groups in total. The number of hydrogen-bond donors (Lipinski definition) is 2. The third kappa shape index (κ3) is 5.51. The van der Waals surface area contributed by atoms with Crippen molar-refractivity contribution in [2.75, 3.05) is 19.6 Å². The number of aliphatic imine (C=N–C) groups is 1. The van der Waals surface area contributed by atoms with Crippen LogP contribution in [0.1, 0.15) is 38.2 Å². The Morgan fingerprint density at radius 3 is 2.43 bits per heavy atom. The molecular weight excluding hydrogens is 379 g/mol. The average molecular weight is 411 g/mol. The van der Waals surface area contributed by atoms with Gasteiger partial charge < -0.3 is 20.3 Å². The molecule has 1 aliphatic heterocycles. The number of nitrogens with zero attached hydrogens (tertiary/aromatic N) is 2. The van der Waals surface area contributed by atoms with Crippen LogP contribution in [0.4, 0.5) is 4.39 Å². The van der Waals surface area contributed by atoms with Crippen molar-refractivity contribution in [2.24, 2.45) is 4.99 Å². The first kappa shape index (κ1) is 20.7. The summed E-state index contributed by atoms with van der Waals surface area (Å²) < 4.78 is 19.8.